The number of ketones is 1. The zero-order valence-electron chi connectivity index (χ0n) is 11.2. The number of likely N-dealkylation sites (tertiary alicyclic amines) is 1. The van der Waals surface area contributed by atoms with Crippen molar-refractivity contribution in [3.05, 3.63) is 55.9 Å². The third kappa shape index (κ3) is 2.98. The lowest BCUT2D eigenvalue weighted by Gasteiger charge is -2.25. The highest BCUT2D eigenvalue weighted by Crippen LogP contribution is 2.23. The summed E-state index contributed by atoms with van der Waals surface area (Å²) < 4.78 is 0. The van der Waals surface area contributed by atoms with Crippen LogP contribution in [-0.4, -0.2) is 30.8 Å². The van der Waals surface area contributed by atoms with Gasteiger partial charge in [0.1, 0.15) is 0 Å². The molecule has 0 aliphatic carbocycles. The predicted molar refractivity (Wildman–Crippen MR) is 87.1 cm³/mol. The normalized spacial score (nSPS) is 20.9. The van der Waals surface area contributed by atoms with Crippen LogP contribution >= 0.6 is 22.7 Å². The predicted octanol–water partition coefficient (Wildman–Crippen LogP) is 3.79. The molecule has 0 aromatic carbocycles. The standard InChI is InChI=1S/C16H15NOS2/c1-17-10-12(8-14-4-2-6-19-14)16(18)13(11-17)9-15-5-3-7-20-15/h2-9H,10-11H2,1H3/b12-8+,13-9+. The first kappa shape index (κ1) is 13.5. The summed E-state index contributed by atoms with van der Waals surface area (Å²) in [5.41, 5.74) is 1.76. The van der Waals surface area contributed by atoms with E-state index in [-0.39, 0.29) is 5.78 Å². The Bertz CT molecular complexity index is 594. The molecule has 0 amide bonds. The van der Waals surface area contributed by atoms with Crippen LogP contribution in [0.5, 0.6) is 0 Å². The van der Waals surface area contributed by atoms with Crippen molar-refractivity contribution < 1.29 is 4.79 Å². The van der Waals surface area contributed by atoms with E-state index in [0.717, 1.165) is 34.0 Å². The van der Waals surface area contributed by atoms with Crippen LogP contribution in [0.2, 0.25) is 0 Å². The van der Waals surface area contributed by atoms with E-state index in [4.69, 9.17) is 0 Å². The number of likely N-dealkylation sites (N-methyl/N-ethyl adjacent to an activating group) is 1. The number of thiophene rings is 2. The first-order valence-electron chi connectivity index (χ1n) is 6.44. The molecule has 3 heterocycles. The Morgan fingerprint density at radius 3 is 1.90 bits per heavy atom. The lowest BCUT2D eigenvalue weighted by atomic mass is 9.97. The molecule has 1 saturated heterocycles. The quantitative estimate of drug-likeness (QED) is 0.787. The second kappa shape index (κ2) is 5.87. The van der Waals surface area contributed by atoms with Gasteiger partial charge in [0.15, 0.2) is 5.78 Å². The van der Waals surface area contributed by atoms with Crippen molar-refractivity contribution >= 4 is 40.6 Å². The molecule has 2 aromatic heterocycles. The lowest BCUT2D eigenvalue weighted by molar-refractivity contribution is -0.113. The third-order valence-electron chi connectivity index (χ3n) is 3.18. The zero-order chi connectivity index (χ0) is 13.9. The van der Waals surface area contributed by atoms with E-state index in [1.807, 2.05) is 47.2 Å². The van der Waals surface area contributed by atoms with Crippen molar-refractivity contribution in [3.63, 3.8) is 0 Å². The van der Waals surface area contributed by atoms with Crippen LogP contribution in [0, 0.1) is 0 Å². The summed E-state index contributed by atoms with van der Waals surface area (Å²) >= 11 is 3.32. The van der Waals surface area contributed by atoms with Gasteiger partial charge in [0.25, 0.3) is 0 Å². The number of carbonyl (C=O) groups is 1. The maximum atomic E-state index is 12.6. The molecule has 0 N–H and O–H groups in total. The highest BCUT2D eigenvalue weighted by atomic mass is 32.1. The molecule has 2 aromatic rings. The van der Waals surface area contributed by atoms with Crippen LogP contribution in [0.3, 0.4) is 0 Å². The molecule has 1 aliphatic rings. The molecule has 0 spiro atoms. The fourth-order valence-electron chi connectivity index (χ4n) is 2.30. The minimum Gasteiger partial charge on any atom is -0.298 e. The summed E-state index contributed by atoms with van der Waals surface area (Å²) in [5.74, 6) is 0.185. The Kier molecular flexibility index (Phi) is 3.96. The molecular formula is C16H15NOS2. The van der Waals surface area contributed by atoms with Gasteiger partial charge in [0.05, 0.1) is 0 Å². The largest absolute Gasteiger partial charge is 0.298 e. The SMILES string of the molecule is CN1C/C(=C\c2cccs2)C(=O)/C(=C/c2cccs2)C1. The summed E-state index contributed by atoms with van der Waals surface area (Å²) in [7, 11) is 2.05. The molecule has 4 heteroatoms. The molecule has 0 bridgehead atoms. The number of piperidine rings is 1. The molecule has 1 fully saturated rings. The zero-order valence-corrected chi connectivity index (χ0v) is 12.8. The lowest BCUT2D eigenvalue weighted by Crippen LogP contribution is -2.34. The maximum Gasteiger partial charge on any atom is 0.187 e. The summed E-state index contributed by atoms with van der Waals surface area (Å²) in [6.07, 6.45) is 4.04. The summed E-state index contributed by atoms with van der Waals surface area (Å²) in [5, 5.41) is 4.07. The van der Waals surface area contributed by atoms with Crippen LogP contribution in [0.25, 0.3) is 12.2 Å². The fourth-order valence-corrected chi connectivity index (χ4v) is 3.66. The van der Waals surface area contributed by atoms with Crippen molar-refractivity contribution in [1.82, 2.24) is 4.90 Å². The number of rotatable bonds is 2. The maximum absolute atomic E-state index is 12.6. The first-order valence-corrected chi connectivity index (χ1v) is 8.20. The minimum absolute atomic E-state index is 0.185. The van der Waals surface area contributed by atoms with Crippen LogP contribution in [0.15, 0.2) is 46.2 Å². The van der Waals surface area contributed by atoms with Crippen LogP contribution in [0.4, 0.5) is 0 Å². The van der Waals surface area contributed by atoms with Gasteiger partial charge in [-0.1, -0.05) is 12.1 Å². The Morgan fingerprint density at radius 2 is 1.50 bits per heavy atom. The molecule has 0 atom stereocenters. The van der Waals surface area contributed by atoms with Gasteiger partial charge in [0.2, 0.25) is 0 Å². The Hall–Kier alpha value is -1.49. The van der Waals surface area contributed by atoms with Crippen molar-refractivity contribution in [2.24, 2.45) is 0 Å². The van der Waals surface area contributed by atoms with E-state index >= 15 is 0 Å². The highest BCUT2D eigenvalue weighted by Gasteiger charge is 2.23. The van der Waals surface area contributed by atoms with E-state index in [9.17, 15) is 4.79 Å². The van der Waals surface area contributed by atoms with Gasteiger partial charge in [-0.15, -0.1) is 22.7 Å². The molecule has 0 unspecified atom stereocenters. The summed E-state index contributed by atoms with van der Waals surface area (Å²) in [4.78, 5) is 17.0. The molecule has 1 aliphatic heterocycles. The molecule has 0 radical (unpaired) electrons. The van der Waals surface area contributed by atoms with Gasteiger partial charge < -0.3 is 0 Å². The number of carbonyl (C=O) groups excluding carboxylic acids is 1. The van der Waals surface area contributed by atoms with Gasteiger partial charge in [-0.25, -0.2) is 0 Å². The van der Waals surface area contributed by atoms with Crippen molar-refractivity contribution in [2.45, 2.75) is 0 Å². The van der Waals surface area contributed by atoms with E-state index < -0.39 is 0 Å². The van der Waals surface area contributed by atoms with Gasteiger partial charge in [0, 0.05) is 34.0 Å². The van der Waals surface area contributed by atoms with Crippen molar-refractivity contribution in [1.29, 1.82) is 0 Å². The smallest absolute Gasteiger partial charge is 0.187 e. The minimum atomic E-state index is 0.185. The van der Waals surface area contributed by atoms with E-state index in [1.165, 1.54) is 0 Å². The second-order valence-corrected chi connectivity index (χ2v) is 6.83. The Morgan fingerprint density at radius 1 is 1.00 bits per heavy atom. The van der Waals surface area contributed by atoms with Crippen LogP contribution in [-0.2, 0) is 4.79 Å². The molecule has 3 rings (SSSR count). The molecular weight excluding hydrogens is 286 g/mol. The third-order valence-corrected chi connectivity index (χ3v) is 4.82. The van der Waals surface area contributed by atoms with Gasteiger partial charge in [-0.05, 0) is 42.1 Å². The molecule has 2 nitrogen and oxygen atoms in total. The average Bonchev–Trinajstić information content (AvgIpc) is 3.08. The van der Waals surface area contributed by atoms with Crippen molar-refractivity contribution in [2.75, 3.05) is 20.1 Å². The van der Waals surface area contributed by atoms with Crippen molar-refractivity contribution in [3.8, 4) is 0 Å². The number of hydrogen-bond acceptors (Lipinski definition) is 4. The molecule has 20 heavy (non-hydrogen) atoms. The van der Waals surface area contributed by atoms with Crippen LogP contribution < -0.4 is 0 Å². The van der Waals surface area contributed by atoms with Gasteiger partial charge in [-0.3, -0.25) is 9.69 Å². The van der Waals surface area contributed by atoms with E-state index in [0.29, 0.717) is 0 Å². The first-order chi connectivity index (χ1) is 9.72. The van der Waals surface area contributed by atoms with Gasteiger partial charge >= 0.3 is 0 Å². The molecule has 102 valence electrons. The Balaban J connectivity index is 1.92. The number of nitrogens with zero attached hydrogens (tertiary/aromatic N) is 1. The average molecular weight is 301 g/mol. The van der Waals surface area contributed by atoms with Gasteiger partial charge in [-0.2, -0.15) is 0 Å². The second-order valence-electron chi connectivity index (χ2n) is 4.87. The monoisotopic (exact) mass is 301 g/mol. The summed E-state index contributed by atoms with van der Waals surface area (Å²) in [6.45, 7) is 1.44. The number of Topliss-reactive ketones (excluding diaryl/α,β-unsaturated/α-hetero) is 1. The number of hydrogen-bond donors (Lipinski definition) is 0. The Labute approximate surface area is 126 Å². The molecule has 0 saturated carbocycles. The summed E-state index contributed by atoms with van der Waals surface area (Å²) in [6, 6.07) is 8.11. The van der Waals surface area contributed by atoms with E-state index in [1.54, 1.807) is 22.7 Å². The van der Waals surface area contributed by atoms with Crippen LogP contribution in [0.1, 0.15) is 9.75 Å². The topological polar surface area (TPSA) is 20.3 Å². The highest BCUT2D eigenvalue weighted by molar-refractivity contribution is 7.11. The van der Waals surface area contributed by atoms with E-state index in [2.05, 4.69) is 11.9 Å². The fraction of sp³-hybridized carbons (Fsp3) is 0.188.